The van der Waals surface area contributed by atoms with Crippen LogP contribution in [0.2, 0.25) is 0 Å². The lowest BCUT2D eigenvalue weighted by atomic mass is 10.2. The van der Waals surface area contributed by atoms with Crippen molar-refractivity contribution < 1.29 is 19.1 Å². The van der Waals surface area contributed by atoms with Crippen molar-refractivity contribution in [1.82, 2.24) is 9.88 Å². The summed E-state index contributed by atoms with van der Waals surface area (Å²) >= 11 is 0. The SMILES string of the molecule is COc1ccc(-n2c(C)cc(C(=O)OCC(=O)NC(C)C)c2C)cc1. The van der Waals surface area contributed by atoms with E-state index in [9.17, 15) is 9.59 Å². The van der Waals surface area contributed by atoms with Crippen molar-refractivity contribution in [2.75, 3.05) is 13.7 Å². The van der Waals surface area contributed by atoms with Crippen molar-refractivity contribution in [1.29, 1.82) is 0 Å². The third-order valence-corrected chi connectivity index (χ3v) is 3.77. The van der Waals surface area contributed by atoms with Crippen LogP contribution in [0, 0.1) is 13.8 Å². The highest BCUT2D eigenvalue weighted by atomic mass is 16.5. The fraction of sp³-hybridized carbons (Fsp3) is 0.368. The molecule has 0 unspecified atom stereocenters. The van der Waals surface area contributed by atoms with Gasteiger partial charge in [-0.3, -0.25) is 4.79 Å². The summed E-state index contributed by atoms with van der Waals surface area (Å²) in [6, 6.07) is 9.34. The second kappa shape index (κ2) is 7.88. The Morgan fingerprint density at radius 1 is 1.16 bits per heavy atom. The normalized spacial score (nSPS) is 10.6. The van der Waals surface area contributed by atoms with E-state index in [1.807, 2.05) is 56.5 Å². The van der Waals surface area contributed by atoms with Gasteiger partial charge in [-0.05, 0) is 58.0 Å². The smallest absolute Gasteiger partial charge is 0.340 e. The number of ether oxygens (including phenoxy) is 2. The molecule has 6 nitrogen and oxygen atoms in total. The largest absolute Gasteiger partial charge is 0.497 e. The van der Waals surface area contributed by atoms with Gasteiger partial charge < -0.3 is 19.4 Å². The van der Waals surface area contributed by atoms with E-state index in [4.69, 9.17) is 9.47 Å². The van der Waals surface area contributed by atoms with Gasteiger partial charge >= 0.3 is 5.97 Å². The van der Waals surface area contributed by atoms with Gasteiger partial charge in [0.2, 0.25) is 0 Å². The van der Waals surface area contributed by atoms with E-state index in [1.54, 1.807) is 13.2 Å². The summed E-state index contributed by atoms with van der Waals surface area (Å²) in [4.78, 5) is 23.9. The Hall–Kier alpha value is -2.76. The third kappa shape index (κ3) is 4.41. The van der Waals surface area contributed by atoms with E-state index in [0.29, 0.717) is 5.56 Å². The molecule has 134 valence electrons. The molecule has 1 amide bonds. The Kier molecular flexibility index (Phi) is 5.85. The second-order valence-electron chi connectivity index (χ2n) is 6.12. The highest BCUT2D eigenvalue weighted by Gasteiger charge is 2.19. The lowest BCUT2D eigenvalue weighted by molar-refractivity contribution is -0.124. The van der Waals surface area contributed by atoms with E-state index in [0.717, 1.165) is 22.8 Å². The van der Waals surface area contributed by atoms with Gasteiger partial charge in [0.25, 0.3) is 5.91 Å². The van der Waals surface area contributed by atoms with Crippen LogP contribution in [0.4, 0.5) is 0 Å². The van der Waals surface area contributed by atoms with Crippen LogP contribution in [0.3, 0.4) is 0 Å². The Balaban J connectivity index is 2.17. The van der Waals surface area contributed by atoms with Crippen LogP contribution in [0.1, 0.15) is 35.6 Å². The van der Waals surface area contributed by atoms with Crippen molar-refractivity contribution in [2.45, 2.75) is 33.7 Å². The number of aromatic nitrogens is 1. The van der Waals surface area contributed by atoms with Gasteiger partial charge in [0.05, 0.1) is 12.7 Å². The quantitative estimate of drug-likeness (QED) is 0.818. The fourth-order valence-corrected chi connectivity index (χ4v) is 2.67. The zero-order chi connectivity index (χ0) is 18.6. The number of amides is 1. The summed E-state index contributed by atoms with van der Waals surface area (Å²) in [5.41, 5.74) is 3.04. The summed E-state index contributed by atoms with van der Waals surface area (Å²) in [5.74, 6) is -0.0545. The van der Waals surface area contributed by atoms with Crippen molar-refractivity contribution in [2.24, 2.45) is 0 Å². The molecule has 1 aromatic carbocycles. The molecule has 0 aliphatic heterocycles. The van der Waals surface area contributed by atoms with Crippen LogP contribution in [-0.4, -0.2) is 36.2 Å². The molecule has 0 spiro atoms. The average molecular weight is 344 g/mol. The molecule has 0 saturated heterocycles. The molecule has 0 bridgehead atoms. The van der Waals surface area contributed by atoms with E-state index in [2.05, 4.69) is 5.32 Å². The molecule has 0 atom stereocenters. The molecule has 2 aromatic rings. The maximum Gasteiger partial charge on any atom is 0.340 e. The number of carbonyl (C=O) groups excluding carboxylic acids is 2. The predicted molar refractivity (Wildman–Crippen MR) is 95.4 cm³/mol. The van der Waals surface area contributed by atoms with Crippen LogP contribution in [0.5, 0.6) is 5.75 Å². The van der Waals surface area contributed by atoms with Gasteiger partial charge in [-0.1, -0.05) is 0 Å². The predicted octanol–water partition coefficient (Wildman–Crippen LogP) is 2.78. The summed E-state index contributed by atoms with van der Waals surface area (Å²) in [6.07, 6.45) is 0. The molecule has 1 aromatic heterocycles. The summed E-state index contributed by atoms with van der Waals surface area (Å²) in [7, 11) is 1.62. The monoisotopic (exact) mass is 344 g/mol. The summed E-state index contributed by atoms with van der Waals surface area (Å²) in [6.45, 7) is 7.18. The molecule has 1 N–H and O–H groups in total. The second-order valence-corrected chi connectivity index (χ2v) is 6.12. The zero-order valence-electron chi connectivity index (χ0n) is 15.3. The van der Waals surface area contributed by atoms with E-state index in [-0.39, 0.29) is 18.6 Å². The van der Waals surface area contributed by atoms with Gasteiger partial charge in [-0.2, -0.15) is 0 Å². The molecule has 25 heavy (non-hydrogen) atoms. The first-order valence-corrected chi connectivity index (χ1v) is 8.13. The van der Waals surface area contributed by atoms with Crippen LogP contribution in [-0.2, 0) is 9.53 Å². The van der Waals surface area contributed by atoms with Gasteiger partial charge in [0.15, 0.2) is 6.61 Å². The molecular formula is C19H24N2O4. The van der Waals surface area contributed by atoms with Crippen LogP contribution in [0.15, 0.2) is 30.3 Å². The minimum atomic E-state index is -0.508. The van der Waals surface area contributed by atoms with Gasteiger partial charge in [0, 0.05) is 23.1 Å². The molecule has 0 radical (unpaired) electrons. The first kappa shape index (κ1) is 18.6. The number of aryl methyl sites for hydroxylation is 1. The molecule has 0 saturated carbocycles. The van der Waals surface area contributed by atoms with E-state index >= 15 is 0 Å². The lowest BCUT2D eigenvalue weighted by Crippen LogP contribution is -2.34. The Morgan fingerprint density at radius 2 is 1.80 bits per heavy atom. The first-order chi connectivity index (χ1) is 11.8. The van der Waals surface area contributed by atoms with Crippen LogP contribution < -0.4 is 10.1 Å². The fourth-order valence-electron chi connectivity index (χ4n) is 2.67. The standard InChI is InChI=1S/C19H24N2O4/c1-12(2)20-18(22)11-25-19(23)17-10-13(3)21(14(17)4)15-6-8-16(24-5)9-7-15/h6-10,12H,11H2,1-5H3,(H,20,22). The summed E-state index contributed by atoms with van der Waals surface area (Å²) < 4.78 is 12.3. The number of hydrogen-bond acceptors (Lipinski definition) is 4. The minimum absolute atomic E-state index is 0.00587. The highest BCUT2D eigenvalue weighted by Crippen LogP contribution is 2.23. The number of benzene rings is 1. The third-order valence-electron chi connectivity index (χ3n) is 3.77. The number of esters is 1. The minimum Gasteiger partial charge on any atom is -0.497 e. The zero-order valence-corrected chi connectivity index (χ0v) is 15.3. The van der Waals surface area contributed by atoms with Crippen LogP contribution in [0.25, 0.3) is 5.69 Å². The van der Waals surface area contributed by atoms with Crippen molar-refractivity contribution in [3.05, 3.63) is 47.3 Å². The Morgan fingerprint density at radius 3 is 2.36 bits per heavy atom. The van der Waals surface area contributed by atoms with Gasteiger partial charge in [-0.15, -0.1) is 0 Å². The average Bonchev–Trinajstić information content (AvgIpc) is 2.87. The van der Waals surface area contributed by atoms with Gasteiger partial charge in [0.1, 0.15) is 5.75 Å². The number of nitrogens with zero attached hydrogens (tertiary/aromatic N) is 1. The molecular weight excluding hydrogens is 320 g/mol. The molecule has 2 rings (SSSR count). The first-order valence-electron chi connectivity index (χ1n) is 8.13. The Labute approximate surface area is 147 Å². The summed E-state index contributed by atoms with van der Waals surface area (Å²) in [5, 5.41) is 2.68. The number of carbonyl (C=O) groups is 2. The van der Waals surface area contributed by atoms with Gasteiger partial charge in [-0.25, -0.2) is 4.79 Å². The Bertz CT molecular complexity index is 760. The van der Waals surface area contributed by atoms with E-state index < -0.39 is 5.97 Å². The number of nitrogens with one attached hydrogen (secondary N) is 1. The van der Waals surface area contributed by atoms with E-state index in [1.165, 1.54) is 0 Å². The lowest BCUT2D eigenvalue weighted by Gasteiger charge is -2.11. The van der Waals surface area contributed by atoms with Crippen LogP contribution >= 0.6 is 0 Å². The van der Waals surface area contributed by atoms with Crippen molar-refractivity contribution in [3.8, 4) is 11.4 Å². The topological polar surface area (TPSA) is 69.6 Å². The number of rotatable bonds is 6. The molecule has 0 aliphatic carbocycles. The van der Waals surface area contributed by atoms with Crippen molar-refractivity contribution >= 4 is 11.9 Å². The molecule has 6 heteroatoms. The molecule has 1 heterocycles. The number of hydrogen-bond donors (Lipinski definition) is 1. The highest BCUT2D eigenvalue weighted by molar-refractivity contribution is 5.93. The number of methoxy groups -OCH3 is 1. The molecule has 0 fully saturated rings. The maximum atomic E-state index is 12.3. The molecule has 0 aliphatic rings. The van der Waals surface area contributed by atoms with Crippen molar-refractivity contribution in [3.63, 3.8) is 0 Å². The maximum absolute atomic E-state index is 12.3.